The van der Waals surface area contributed by atoms with Gasteiger partial charge in [-0.2, -0.15) is 4.98 Å². The summed E-state index contributed by atoms with van der Waals surface area (Å²) in [6.45, 7) is 4.16. The predicted octanol–water partition coefficient (Wildman–Crippen LogP) is 6.17. The zero-order valence-corrected chi connectivity index (χ0v) is 20.7. The number of ether oxygens (including phenoxy) is 1. The van der Waals surface area contributed by atoms with Gasteiger partial charge in [-0.05, 0) is 61.0 Å². The fourth-order valence-electron chi connectivity index (χ4n) is 4.32. The Morgan fingerprint density at radius 3 is 2.51 bits per heavy atom. The molecule has 0 aliphatic carbocycles. The average molecular weight is 483 g/mol. The highest BCUT2D eigenvalue weighted by atomic mass is 32.1. The molecule has 2 heterocycles. The van der Waals surface area contributed by atoms with Crippen molar-refractivity contribution in [1.29, 1.82) is 0 Å². The van der Waals surface area contributed by atoms with Gasteiger partial charge < -0.3 is 14.6 Å². The van der Waals surface area contributed by atoms with Gasteiger partial charge in [-0.15, -0.1) is 0 Å². The lowest BCUT2D eigenvalue weighted by Crippen LogP contribution is -2.46. The summed E-state index contributed by atoms with van der Waals surface area (Å²) in [5, 5.41) is 8.40. The maximum atomic E-state index is 5.85. The molecule has 0 saturated heterocycles. The first-order valence-corrected chi connectivity index (χ1v) is 11.9. The van der Waals surface area contributed by atoms with E-state index in [4.69, 9.17) is 26.5 Å². The van der Waals surface area contributed by atoms with Crippen LogP contribution in [0.25, 0.3) is 17.0 Å². The normalized spacial score (nSPS) is 15.8. The summed E-state index contributed by atoms with van der Waals surface area (Å²) in [6, 6.07) is 25.9. The first-order valence-electron chi connectivity index (χ1n) is 11.5. The van der Waals surface area contributed by atoms with Crippen LogP contribution in [0.4, 0.5) is 5.69 Å². The number of rotatable bonds is 6. The van der Waals surface area contributed by atoms with Crippen molar-refractivity contribution in [2.75, 3.05) is 12.0 Å². The lowest BCUT2D eigenvalue weighted by atomic mass is 9.94. The molecule has 3 aromatic carbocycles. The van der Waals surface area contributed by atoms with Gasteiger partial charge in [-0.3, -0.25) is 4.90 Å². The van der Waals surface area contributed by atoms with E-state index in [9.17, 15) is 0 Å². The number of thiocarbonyl (C=S) groups is 1. The number of nitrogens with one attached hydrogen (secondary N) is 1. The molecule has 0 bridgehead atoms. The highest BCUT2D eigenvalue weighted by Crippen LogP contribution is 2.39. The summed E-state index contributed by atoms with van der Waals surface area (Å²) >= 11 is 5.82. The molecule has 1 N–H and O–H groups in total. The van der Waals surface area contributed by atoms with Crippen molar-refractivity contribution in [3.8, 4) is 17.1 Å². The van der Waals surface area contributed by atoms with Crippen molar-refractivity contribution in [1.82, 2.24) is 15.5 Å². The number of benzene rings is 3. The molecular formula is C28H26N4O2S. The molecular weight excluding hydrogens is 456 g/mol. The van der Waals surface area contributed by atoms with Crippen LogP contribution in [0.1, 0.15) is 36.9 Å². The molecule has 1 aromatic heterocycles. The minimum atomic E-state index is -0.284. The van der Waals surface area contributed by atoms with Crippen LogP contribution in [0.3, 0.4) is 0 Å². The maximum absolute atomic E-state index is 5.85. The number of methoxy groups -OCH3 is 1. The van der Waals surface area contributed by atoms with Gasteiger partial charge >= 0.3 is 0 Å². The number of nitrogens with zero attached hydrogens (tertiary/aromatic N) is 3. The molecule has 7 heteroatoms. The Bertz CT molecular complexity index is 1380. The van der Waals surface area contributed by atoms with Gasteiger partial charge in [0.1, 0.15) is 5.75 Å². The molecule has 0 radical (unpaired) electrons. The summed E-state index contributed by atoms with van der Waals surface area (Å²) in [6.07, 6.45) is 0.979. The third-order valence-electron chi connectivity index (χ3n) is 6.20. The third-order valence-corrected chi connectivity index (χ3v) is 6.50. The number of aryl methyl sites for hydroxylation is 1. The van der Waals surface area contributed by atoms with Crippen LogP contribution in [0.5, 0.6) is 5.75 Å². The first-order chi connectivity index (χ1) is 17.1. The molecule has 5 rings (SSSR count). The zero-order valence-electron chi connectivity index (χ0n) is 19.9. The van der Waals surface area contributed by atoms with Crippen LogP contribution in [0.2, 0.25) is 0 Å². The van der Waals surface area contributed by atoms with Crippen LogP contribution in [0, 0.1) is 0 Å². The van der Waals surface area contributed by atoms with E-state index in [0.717, 1.165) is 40.3 Å². The van der Waals surface area contributed by atoms with E-state index >= 15 is 0 Å². The van der Waals surface area contributed by atoms with Crippen molar-refractivity contribution in [2.45, 2.75) is 26.3 Å². The Labute approximate surface area is 210 Å². The topological polar surface area (TPSA) is 63.4 Å². The summed E-state index contributed by atoms with van der Waals surface area (Å²) in [4.78, 5) is 6.81. The van der Waals surface area contributed by atoms with E-state index in [1.54, 1.807) is 7.11 Å². The largest absolute Gasteiger partial charge is 0.497 e. The minimum Gasteiger partial charge on any atom is -0.497 e. The third kappa shape index (κ3) is 4.42. The van der Waals surface area contributed by atoms with Crippen LogP contribution in [-0.4, -0.2) is 22.4 Å². The van der Waals surface area contributed by atoms with Gasteiger partial charge in [0.15, 0.2) is 5.11 Å². The quantitative estimate of drug-likeness (QED) is 0.330. The maximum Gasteiger partial charge on any atom is 0.258 e. The van der Waals surface area contributed by atoms with E-state index in [-0.39, 0.29) is 6.04 Å². The molecule has 4 aromatic rings. The summed E-state index contributed by atoms with van der Waals surface area (Å²) in [5.74, 6) is 1.76. The molecule has 35 heavy (non-hydrogen) atoms. The van der Waals surface area contributed by atoms with Crippen LogP contribution >= 0.6 is 12.2 Å². The van der Waals surface area contributed by atoms with Gasteiger partial charge in [0, 0.05) is 16.9 Å². The van der Waals surface area contributed by atoms with Crippen molar-refractivity contribution in [2.24, 2.45) is 0 Å². The molecule has 1 aliphatic heterocycles. The predicted molar refractivity (Wildman–Crippen MR) is 142 cm³/mol. The molecule has 0 saturated carbocycles. The molecule has 6 nitrogen and oxygen atoms in total. The van der Waals surface area contributed by atoms with E-state index in [1.165, 1.54) is 5.56 Å². The van der Waals surface area contributed by atoms with E-state index in [1.807, 2.05) is 78.6 Å². The Morgan fingerprint density at radius 2 is 1.80 bits per heavy atom. The fraction of sp³-hybridized carbons (Fsp3) is 0.179. The Kier molecular flexibility index (Phi) is 6.33. The zero-order chi connectivity index (χ0) is 24.4. The number of anilines is 1. The average Bonchev–Trinajstić information content (AvgIpc) is 3.39. The van der Waals surface area contributed by atoms with E-state index in [0.29, 0.717) is 16.8 Å². The molecule has 176 valence electrons. The van der Waals surface area contributed by atoms with Gasteiger partial charge in [-0.25, -0.2) is 0 Å². The monoisotopic (exact) mass is 482 g/mol. The standard InChI is InChI=1S/C28H26N4O2S/c1-4-19-13-15-20(16-14-19)26-30-27(34-31-26)24-18(2)32(22-10-6-5-7-11-22)28(35)29-25(24)21-9-8-12-23(17-21)33-3/h5-17,25H,4H2,1-3H3,(H,29,35). The first kappa shape index (κ1) is 22.8. The van der Waals surface area contributed by atoms with Crippen molar-refractivity contribution < 1.29 is 9.26 Å². The Morgan fingerprint density at radius 1 is 1.03 bits per heavy atom. The van der Waals surface area contributed by atoms with Gasteiger partial charge in [0.25, 0.3) is 5.89 Å². The highest BCUT2D eigenvalue weighted by Gasteiger charge is 2.35. The Balaban J connectivity index is 1.63. The van der Waals surface area contributed by atoms with Crippen molar-refractivity contribution in [3.05, 3.63) is 102 Å². The second kappa shape index (κ2) is 9.72. The lowest BCUT2D eigenvalue weighted by molar-refractivity contribution is 0.403. The second-order valence-electron chi connectivity index (χ2n) is 8.30. The van der Waals surface area contributed by atoms with Crippen molar-refractivity contribution in [3.63, 3.8) is 0 Å². The summed E-state index contributed by atoms with van der Waals surface area (Å²) in [7, 11) is 1.66. The van der Waals surface area contributed by atoms with E-state index in [2.05, 4.69) is 29.5 Å². The summed E-state index contributed by atoms with van der Waals surface area (Å²) in [5.41, 5.74) is 5.90. The number of allylic oxidation sites excluding steroid dienone is 1. The molecule has 1 aliphatic rings. The van der Waals surface area contributed by atoms with Crippen LogP contribution in [0.15, 0.2) is 89.1 Å². The number of para-hydroxylation sites is 1. The number of hydrogen-bond donors (Lipinski definition) is 1. The van der Waals surface area contributed by atoms with Gasteiger partial charge in [0.05, 0.1) is 18.7 Å². The lowest BCUT2D eigenvalue weighted by Gasteiger charge is -2.37. The molecule has 0 fully saturated rings. The smallest absolute Gasteiger partial charge is 0.258 e. The molecule has 1 unspecified atom stereocenters. The van der Waals surface area contributed by atoms with E-state index < -0.39 is 0 Å². The van der Waals surface area contributed by atoms with Crippen LogP contribution < -0.4 is 15.0 Å². The SMILES string of the molecule is CCc1ccc(-c2noc(C3=C(C)N(c4ccccc4)C(=S)NC3c3cccc(OC)c3)n2)cc1. The van der Waals surface area contributed by atoms with Crippen molar-refractivity contribution >= 4 is 28.6 Å². The van der Waals surface area contributed by atoms with Gasteiger partial charge in [0.2, 0.25) is 5.82 Å². The number of aromatic nitrogens is 2. The van der Waals surface area contributed by atoms with Gasteiger partial charge in [-0.1, -0.05) is 66.7 Å². The van der Waals surface area contributed by atoms with Crippen LogP contribution in [-0.2, 0) is 6.42 Å². The Hall–Kier alpha value is -3.97. The molecule has 1 atom stereocenters. The summed E-state index contributed by atoms with van der Waals surface area (Å²) < 4.78 is 11.3. The second-order valence-corrected chi connectivity index (χ2v) is 8.69. The number of hydrogen-bond acceptors (Lipinski definition) is 5. The fourth-order valence-corrected chi connectivity index (χ4v) is 4.68. The molecule has 0 spiro atoms. The molecule has 0 amide bonds. The minimum absolute atomic E-state index is 0.284. The highest BCUT2D eigenvalue weighted by molar-refractivity contribution is 7.80.